The van der Waals surface area contributed by atoms with Crippen LogP contribution in [0.3, 0.4) is 0 Å². The highest BCUT2D eigenvalue weighted by Crippen LogP contribution is 2.29. The van der Waals surface area contributed by atoms with E-state index >= 15 is 0 Å². The Labute approximate surface area is 167 Å². The molecule has 0 aliphatic heterocycles. The molecule has 0 radical (unpaired) electrons. The van der Waals surface area contributed by atoms with E-state index in [1.54, 1.807) is 15.4 Å². The van der Waals surface area contributed by atoms with Crippen LogP contribution in [0.15, 0.2) is 47.7 Å². The molecule has 0 saturated heterocycles. The second kappa shape index (κ2) is 6.38. The van der Waals surface area contributed by atoms with E-state index in [1.807, 2.05) is 38.2 Å². The first-order valence-corrected chi connectivity index (χ1v) is 9.60. The molecule has 144 valence electrons. The van der Waals surface area contributed by atoms with Gasteiger partial charge in [0.25, 0.3) is 11.5 Å². The first-order chi connectivity index (χ1) is 14.0. The number of carbonyl (C=O) groups is 1. The summed E-state index contributed by atoms with van der Waals surface area (Å²) in [4.78, 5) is 33.2. The molecule has 4 aromatic heterocycles. The Morgan fingerprint density at radius 3 is 2.90 bits per heavy atom. The Hall–Kier alpha value is -3.79. The highest BCUT2D eigenvalue weighted by atomic mass is 32.1. The van der Waals surface area contributed by atoms with Crippen molar-refractivity contribution in [2.24, 2.45) is 7.05 Å². The van der Waals surface area contributed by atoms with E-state index in [0.717, 1.165) is 15.9 Å². The third kappa shape index (κ3) is 2.72. The highest BCUT2D eigenvalue weighted by Gasteiger charge is 2.18. The van der Waals surface area contributed by atoms with Crippen LogP contribution in [0.1, 0.15) is 15.4 Å². The zero-order chi connectivity index (χ0) is 20.1. The zero-order valence-corrected chi connectivity index (χ0v) is 16.3. The maximum Gasteiger partial charge on any atom is 0.265 e. The van der Waals surface area contributed by atoms with Gasteiger partial charge in [-0.25, -0.2) is 9.67 Å². The number of nitrogens with zero attached hydrogens (tertiary/aromatic N) is 5. The van der Waals surface area contributed by atoms with E-state index in [4.69, 9.17) is 0 Å². The molecule has 2 N–H and O–H groups in total. The Morgan fingerprint density at radius 1 is 1.24 bits per heavy atom. The third-order valence-corrected chi connectivity index (χ3v) is 5.87. The van der Waals surface area contributed by atoms with Crippen molar-refractivity contribution in [1.29, 1.82) is 0 Å². The van der Waals surface area contributed by atoms with E-state index in [2.05, 4.69) is 25.5 Å². The number of aryl methyl sites for hydroxylation is 2. The van der Waals surface area contributed by atoms with Gasteiger partial charge < -0.3 is 10.3 Å². The lowest BCUT2D eigenvalue weighted by Crippen LogP contribution is -2.13. The number of carbonyl (C=O) groups excluding carboxylic acids is 1. The second-order valence-electron chi connectivity index (χ2n) is 6.54. The van der Waals surface area contributed by atoms with E-state index in [1.165, 1.54) is 23.9 Å². The molecular weight excluding hydrogens is 390 g/mol. The minimum absolute atomic E-state index is 0.222. The number of amides is 1. The van der Waals surface area contributed by atoms with Gasteiger partial charge in [-0.2, -0.15) is 10.2 Å². The van der Waals surface area contributed by atoms with Gasteiger partial charge in [0.1, 0.15) is 10.2 Å². The number of thiophene rings is 1. The lowest BCUT2D eigenvalue weighted by molar-refractivity contribution is 0.103. The summed E-state index contributed by atoms with van der Waals surface area (Å²) in [6, 6.07) is 9.10. The van der Waals surface area contributed by atoms with Crippen LogP contribution in [0.25, 0.3) is 26.9 Å². The maximum atomic E-state index is 12.9. The van der Waals surface area contributed by atoms with Crippen molar-refractivity contribution in [1.82, 2.24) is 29.5 Å². The fourth-order valence-electron chi connectivity index (χ4n) is 3.30. The molecule has 0 atom stereocenters. The molecule has 0 aliphatic rings. The summed E-state index contributed by atoms with van der Waals surface area (Å²) < 4.78 is 3.32. The van der Waals surface area contributed by atoms with Gasteiger partial charge in [0.15, 0.2) is 5.65 Å². The van der Waals surface area contributed by atoms with Gasteiger partial charge in [-0.1, -0.05) is 12.1 Å². The second-order valence-corrected chi connectivity index (χ2v) is 7.57. The van der Waals surface area contributed by atoms with E-state index in [9.17, 15) is 9.59 Å². The molecule has 9 nitrogen and oxygen atoms in total. The van der Waals surface area contributed by atoms with Gasteiger partial charge in [-0.05, 0) is 25.1 Å². The SMILES string of the molecule is Cc1nn(C)c2sc(C(=O)Nc3ccccc3-n3ncc4c(=O)[nH]cnc43)cc12. The van der Waals surface area contributed by atoms with Crippen molar-refractivity contribution in [2.75, 3.05) is 5.32 Å². The number of rotatable bonds is 3. The fourth-order valence-corrected chi connectivity index (χ4v) is 4.32. The van der Waals surface area contributed by atoms with Gasteiger partial charge in [-0.3, -0.25) is 14.3 Å². The number of hydrogen-bond acceptors (Lipinski definition) is 6. The summed E-state index contributed by atoms with van der Waals surface area (Å²) in [6.45, 7) is 1.92. The lowest BCUT2D eigenvalue weighted by atomic mass is 10.2. The number of para-hydroxylation sites is 2. The molecule has 0 unspecified atom stereocenters. The molecular formula is C19H15N7O2S. The average Bonchev–Trinajstić information content (AvgIpc) is 3.39. The van der Waals surface area contributed by atoms with Gasteiger partial charge in [0.05, 0.1) is 34.5 Å². The molecule has 5 aromatic rings. The molecule has 1 amide bonds. The summed E-state index contributed by atoms with van der Waals surface area (Å²) in [5.74, 6) is -0.222. The summed E-state index contributed by atoms with van der Waals surface area (Å²) in [5, 5.41) is 13.0. The minimum atomic E-state index is -0.267. The number of anilines is 1. The molecule has 0 spiro atoms. The minimum Gasteiger partial charge on any atom is -0.319 e. The number of hydrogen-bond donors (Lipinski definition) is 2. The summed E-state index contributed by atoms with van der Waals surface area (Å²) >= 11 is 1.39. The first kappa shape index (κ1) is 17.3. The maximum absolute atomic E-state index is 12.9. The van der Waals surface area contributed by atoms with Crippen LogP contribution in [-0.4, -0.2) is 35.4 Å². The predicted molar refractivity (Wildman–Crippen MR) is 111 cm³/mol. The number of aromatic nitrogens is 6. The molecule has 4 heterocycles. The molecule has 0 fully saturated rings. The molecule has 0 bridgehead atoms. The van der Waals surface area contributed by atoms with Crippen molar-refractivity contribution in [3.05, 3.63) is 63.8 Å². The van der Waals surface area contributed by atoms with Gasteiger partial charge in [0.2, 0.25) is 0 Å². The Morgan fingerprint density at radius 2 is 2.07 bits per heavy atom. The standard InChI is InChI=1S/C19H15N7O2S/c1-10-11-7-15(29-19(11)25(2)24-10)18(28)23-13-5-3-4-6-14(13)26-16-12(8-22-26)17(27)21-9-20-16/h3-9H,1-2H3,(H,23,28)(H,20,21,27). The topological polar surface area (TPSA) is 110 Å². The Kier molecular flexibility index (Phi) is 3.81. The highest BCUT2D eigenvalue weighted by molar-refractivity contribution is 7.20. The smallest absolute Gasteiger partial charge is 0.265 e. The van der Waals surface area contributed by atoms with E-state index < -0.39 is 0 Å². The van der Waals surface area contributed by atoms with Crippen molar-refractivity contribution >= 4 is 44.2 Å². The fraction of sp³-hybridized carbons (Fsp3) is 0.105. The third-order valence-electron chi connectivity index (χ3n) is 4.67. The molecule has 5 rings (SSSR count). The van der Waals surface area contributed by atoms with Crippen molar-refractivity contribution < 1.29 is 4.79 Å². The zero-order valence-electron chi connectivity index (χ0n) is 15.5. The van der Waals surface area contributed by atoms with Crippen LogP contribution in [0.2, 0.25) is 0 Å². The van der Waals surface area contributed by atoms with Crippen LogP contribution >= 0.6 is 11.3 Å². The Bertz CT molecular complexity index is 1420. The van der Waals surface area contributed by atoms with Crippen molar-refractivity contribution in [2.45, 2.75) is 6.92 Å². The predicted octanol–water partition coefficient (Wildman–Crippen LogP) is 2.62. The van der Waals surface area contributed by atoms with Crippen LogP contribution in [0.5, 0.6) is 0 Å². The molecule has 0 saturated carbocycles. The molecule has 29 heavy (non-hydrogen) atoms. The van der Waals surface area contributed by atoms with Crippen LogP contribution in [0.4, 0.5) is 5.69 Å². The molecule has 10 heteroatoms. The van der Waals surface area contributed by atoms with Crippen LogP contribution in [0, 0.1) is 6.92 Å². The average molecular weight is 405 g/mol. The number of aromatic amines is 1. The number of fused-ring (bicyclic) bond motifs is 2. The Balaban J connectivity index is 1.55. The largest absolute Gasteiger partial charge is 0.319 e. The number of H-pyrrole nitrogens is 1. The van der Waals surface area contributed by atoms with Gasteiger partial charge in [-0.15, -0.1) is 11.3 Å². The quantitative estimate of drug-likeness (QED) is 0.479. The summed E-state index contributed by atoms with van der Waals surface area (Å²) in [6.07, 6.45) is 2.79. The lowest BCUT2D eigenvalue weighted by Gasteiger charge is -2.11. The van der Waals surface area contributed by atoms with E-state index in [0.29, 0.717) is 27.3 Å². The van der Waals surface area contributed by atoms with Crippen molar-refractivity contribution in [3.63, 3.8) is 0 Å². The van der Waals surface area contributed by atoms with Gasteiger partial charge in [0, 0.05) is 12.4 Å². The molecule has 0 aliphatic carbocycles. The number of benzene rings is 1. The van der Waals surface area contributed by atoms with Crippen LogP contribution < -0.4 is 10.9 Å². The first-order valence-electron chi connectivity index (χ1n) is 8.78. The monoisotopic (exact) mass is 405 g/mol. The summed E-state index contributed by atoms with van der Waals surface area (Å²) in [5.41, 5.74) is 2.22. The van der Waals surface area contributed by atoms with E-state index in [-0.39, 0.29) is 11.5 Å². The molecule has 1 aromatic carbocycles. The van der Waals surface area contributed by atoms with Gasteiger partial charge >= 0.3 is 0 Å². The summed E-state index contributed by atoms with van der Waals surface area (Å²) in [7, 11) is 1.86. The number of nitrogens with one attached hydrogen (secondary N) is 2. The van der Waals surface area contributed by atoms with Crippen LogP contribution in [-0.2, 0) is 7.05 Å². The normalized spacial score (nSPS) is 11.4. The van der Waals surface area contributed by atoms with Crippen molar-refractivity contribution in [3.8, 4) is 5.69 Å².